The highest BCUT2D eigenvalue weighted by Crippen LogP contribution is 2.36. The summed E-state index contributed by atoms with van der Waals surface area (Å²) in [6, 6.07) is 25.8. The van der Waals surface area contributed by atoms with Gasteiger partial charge in [0.25, 0.3) is 5.91 Å². The maximum Gasteiger partial charge on any atom is 0.697 e. The minimum atomic E-state index is -2.63. The molecule has 1 N–H and O–H groups in total. The molecule has 1 aromatic heterocycles. The molecule has 4 aromatic rings. The maximum absolute atomic E-state index is 13.4. The van der Waals surface area contributed by atoms with Crippen LogP contribution in [0.25, 0.3) is 0 Å². The maximum atomic E-state index is 13.4. The van der Waals surface area contributed by atoms with E-state index in [1.54, 1.807) is 66.7 Å². The van der Waals surface area contributed by atoms with Gasteiger partial charge in [0.1, 0.15) is 25.1 Å². The van der Waals surface area contributed by atoms with Crippen LogP contribution < -0.4 is 11.0 Å². The van der Waals surface area contributed by atoms with Crippen molar-refractivity contribution in [3.05, 3.63) is 143 Å². The average molecular weight is 659 g/mol. The highest BCUT2D eigenvalue weighted by Gasteiger charge is 2.52. The number of carbonyl (C=O) groups is 3. The van der Waals surface area contributed by atoms with Crippen molar-refractivity contribution in [2.75, 3.05) is 18.5 Å². The van der Waals surface area contributed by atoms with Gasteiger partial charge >= 0.3 is 25.9 Å². The van der Waals surface area contributed by atoms with Gasteiger partial charge in [-0.05, 0) is 42.5 Å². The summed E-state index contributed by atoms with van der Waals surface area (Å²) < 4.78 is 41.5. The van der Waals surface area contributed by atoms with Crippen molar-refractivity contribution >= 4 is 31.9 Å². The molecule has 1 amide bonds. The Hall–Kier alpha value is -5.33. The van der Waals surface area contributed by atoms with Crippen molar-refractivity contribution in [1.82, 2.24) is 9.55 Å². The Bertz CT molecular complexity index is 1790. The van der Waals surface area contributed by atoms with Gasteiger partial charge < -0.3 is 19.5 Å². The number of aromatic nitrogens is 2. The van der Waals surface area contributed by atoms with Crippen LogP contribution in [0.3, 0.4) is 0 Å². The van der Waals surface area contributed by atoms with E-state index in [4.69, 9.17) is 23.3 Å². The molecule has 1 unspecified atom stereocenters. The van der Waals surface area contributed by atoms with Gasteiger partial charge in [-0.1, -0.05) is 60.7 Å². The number of hydrogen-bond acceptors (Lipinski definition) is 11. The van der Waals surface area contributed by atoms with Gasteiger partial charge in [-0.2, -0.15) is 4.98 Å². The lowest BCUT2D eigenvalue weighted by molar-refractivity contribution is -0.0582. The number of amides is 1. The quantitative estimate of drug-likeness (QED) is 0.120. The molecule has 14 heteroatoms. The van der Waals surface area contributed by atoms with Gasteiger partial charge in [-0.25, -0.2) is 14.4 Å². The number of rotatable bonds is 13. The van der Waals surface area contributed by atoms with Crippen LogP contribution in [0.15, 0.2) is 121 Å². The third-order valence-electron chi connectivity index (χ3n) is 6.81. The van der Waals surface area contributed by atoms with E-state index < -0.39 is 62.9 Å². The zero-order valence-corrected chi connectivity index (χ0v) is 25.6. The molecule has 1 aliphatic rings. The van der Waals surface area contributed by atoms with Crippen molar-refractivity contribution in [1.29, 1.82) is 0 Å². The lowest BCUT2D eigenvalue weighted by Gasteiger charge is -2.24. The summed E-state index contributed by atoms with van der Waals surface area (Å²) >= 11 is 0. The SMILES string of the molecule is C=CCO[P+](=O)OC[C@H]1O[C@@H](n2ccc(NC(=O)c3ccccc3)nc2=O)[C@H](OC(=O)c2ccccc2)[C@@H]1OC(=O)c1ccccc1. The van der Waals surface area contributed by atoms with Gasteiger partial charge in [0.15, 0.2) is 18.4 Å². The number of benzene rings is 3. The van der Waals surface area contributed by atoms with Gasteiger partial charge in [-0.15, -0.1) is 15.6 Å². The third kappa shape index (κ3) is 8.48. The zero-order valence-electron chi connectivity index (χ0n) is 24.7. The zero-order chi connectivity index (χ0) is 33.2. The van der Waals surface area contributed by atoms with Crippen molar-refractivity contribution in [3.63, 3.8) is 0 Å². The second-order valence-corrected chi connectivity index (χ2v) is 10.9. The number of ether oxygens (including phenoxy) is 3. The van der Waals surface area contributed by atoms with E-state index >= 15 is 0 Å². The minimum Gasteiger partial charge on any atom is -0.452 e. The second-order valence-electron chi connectivity index (χ2n) is 9.96. The van der Waals surface area contributed by atoms with Crippen LogP contribution in [-0.4, -0.2) is 58.9 Å². The summed E-state index contributed by atoms with van der Waals surface area (Å²) in [5, 5.41) is 2.56. The molecular weight excluding hydrogens is 629 g/mol. The number of hydrogen-bond donors (Lipinski definition) is 1. The lowest BCUT2D eigenvalue weighted by Crippen LogP contribution is -2.42. The number of nitrogens with zero attached hydrogens (tertiary/aromatic N) is 2. The molecule has 1 aliphatic heterocycles. The molecule has 5 atom stereocenters. The third-order valence-corrected chi connectivity index (χ3v) is 7.53. The normalized spacial score (nSPS) is 18.9. The molecule has 0 aliphatic carbocycles. The number of carbonyl (C=O) groups excluding carboxylic acids is 3. The van der Waals surface area contributed by atoms with Crippen LogP contribution in [0.4, 0.5) is 5.82 Å². The van der Waals surface area contributed by atoms with E-state index in [-0.39, 0.29) is 23.6 Å². The minimum absolute atomic E-state index is 0.0424. The Morgan fingerprint density at radius 2 is 1.38 bits per heavy atom. The fourth-order valence-corrected chi connectivity index (χ4v) is 5.18. The van der Waals surface area contributed by atoms with E-state index in [0.717, 1.165) is 4.57 Å². The Kier molecular flexibility index (Phi) is 11.1. The van der Waals surface area contributed by atoms with Crippen molar-refractivity contribution in [2.45, 2.75) is 24.5 Å². The molecular formula is C33H29N3O10P+. The Morgan fingerprint density at radius 1 is 0.830 bits per heavy atom. The Labute approximate surface area is 269 Å². The first-order chi connectivity index (χ1) is 22.8. The van der Waals surface area contributed by atoms with E-state index in [0.29, 0.717) is 5.56 Å². The first-order valence-corrected chi connectivity index (χ1v) is 15.4. The molecule has 47 heavy (non-hydrogen) atoms. The number of anilines is 1. The van der Waals surface area contributed by atoms with E-state index in [9.17, 15) is 23.7 Å². The van der Waals surface area contributed by atoms with Crippen LogP contribution in [0.2, 0.25) is 0 Å². The van der Waals surface area contributed by atoms with Crippen LogP contribution in [0.1, 0.15) is 37.3 Å². The molecule has 1 saturated heterocycles. The predicted molar refractivity (Wildman–Crippen MR) is 168 cm³/mol. The van der Waals surface area contributed by atoms with Crippen LogP contribution in [-0.2, 0) is 27.8 Å². The molecule has 1 fully saturated rings. The van der Waals surface area contributed by atoms with Crippen LogP contribution >= 0.6 is 8.25 Å². The summed E-state index contributed by atoms with van der Waals surface area (Å²) in [5.41, 5.74) is -0.144. The predicted octanol–water partition coefficient (Wildman–Crippen LogP) is 4.72. The van der Waals surface area contributed by atoms with E-state index in [1.807, 2.05) is 0 Å². The second kappa shape index (κ2) is 15.8. The molecule has 3 aromatic carbocycles. The number of esters is 2. The average Bonchev–Trinajstić information content (AvgIpc) is 3.43. The van der Waals surface area contributed by atoms with Gasteiger partial charge in [0.05, 0.1) is 11.1 Å². The van der Waals surface area contributed by atoms with Gasteiger partial charge in [0.2, 0.25) is 0 Å². The fourth-order valence-electron chi connectivity index (χ4n) is 4.60. The van der Waals surface area contributed by atoms with Crippen molar-refractivity contribution < 1.29 is 42.2 Å². The molecule has 0 saturated carbocycles. The highest BCUT2D eigenvalue weighted by molar-refractivity contribution is 7.33. The van der Waals surface area contributed by atoms with Crippen molar-refractivity contribution in [3.8, 4) is 0 Å². The van der Waals surface area contributed by atoms with E-state index in [1.165, 1.54) is 42.6 Å². The summed E-state index contributed by atoms with van der Waals surface area (Å²) in [4.78, 5) is 56.5. The lowest BCUT2D eigenvalue weighted by atomic mass is 10.1. The molecule has 0 spiro atoms. The first-order valence-electron chi connectivity index (χ1n) is 14.3. The summed E-state index contributed by atoms with van der Waals surface area (Å²) in [5.74, 6) is -2.10. The highest BCUT2D eigenvalue weighted by atomic mass is 31.1. The Balaban J connectivity index is 1.47. The molecule has 2 heterocycles. The van der Waals surface area contributed by atoms with Gasteiger partial charge in [0, 0.05) is 16.3 Å². The molecule has 240 valence electrons. The molecule has 5 rings (SSSR count). The number of nitrogens with one attached hydrogen (secondary N) is 1. The summed E-state index contributed by atoms with van der Waals surface area (Å²) in [6.45, 7) is 3.00. The molecule has 0 bridgehead atoms. The fraction of sp³-hybridized carbons (Fsp3) is 0.182. The molecule has 13 nitrogen and oxygen atoms in total. The summed E-state index contributed by atoms with van der Waals surface area (Å²) in [6.07, 6.45) is -2.69. The van der Waals surface area contributed by atoms with E-state index in [2.05, 4.69) is 16.9 Å². The smallest absolute Gasteiger partial charge is 0.452 e. The summed E-state index contributed by atoms with van der Waals surface area (Å²) in [7, 11) is -2.63. The Morgan fingerprint density at radius 3 is 1.94 bits per heavy atom. The topological polar surface area (TPSA) is 161 Å². The van der Waals surface area contributed by atoms with Crippen LogP contribution in [0, 0.1) is 0 Å². The molecule has 0 radical (unpaired) electrons. The van der Waals surface area contributed by atoms with Crippen LogP contribution in [0.5, 0.6) is 0 Å². The van der Waals surface area contributed by atoms with Crippen molar-refractivity contribution in [2.24, 2.45) is 0 Å². The standard InChI is InChI=1S/C33H28N3O10P/c1-2-20-42-47(41)43-21-25-27(45-31(38)23-14-8-4-9-15-23)28(46-32(39)24-16-10-5-11-17-24)30(44-25)36-19-18-26(35-33(36)40)34-29(37)22-12-6-3-7-13-22/h2-19,25,27-28,30H,1,20-21H2/p+1/t25-,27-,28-,30-/m1/s1. The first kappa shape index (κ1) is 33.0. The monoisotopic (exact) mass is 658 g/mol. The van der Waals surface area contributed by atoms with Gasteiger partial charge in [-0.3, -0.25) is 9.36 Å². The largest absolute Gasteiger partial charge is 0.697 e.